The van der Waals surface area contributed by atoms with Gasteiger partial charge in [-0.15, -0.1) is 0 Å². The van der Waals surface area contributed by atoms with Gasteiger partial charge in [-0.25, -0.2) is 4.79 Å². The van der Waals surface area contributed by atoms with E-state index in [1.165, 1.54) is 0 Å². The Hall–Kier alpha value is -2.28. The number of aliphatic hydroxyl groups is 1. The predicted molar refractivity (Wildman–Crippen MR) is 70.9 cm³/mol. The summed E-state index contributed by atoms with van der Waals surface area (Å²) in [6.45, 7) is 0.00471. The van der Waals surface area contributed by atoms with Crippen molar-refractivity contribution in [3.8, 4) is 0 Å². The molecule has 2 rings (SSSR count). The number of hydrogen-bond donors (Lipinski definition) is 5. The fraction of sp³-hybridized carbons (Fsp3) is 0.333. The first kappa shape index (κ1) is 13.2. The van der Waals surface area contributed by atoms with E-state index in [0.29, 0.717) is 12.1 Å². The molecule has 0 aliphatic carbocycles. The van der Waals surface area contributed by atoms with Gasteiger partial charge in [0.2, 0.25) is 5.91 Å². The van der Waals surface area contributed by atoms with Gasteiger partial charge in [-0.2, -0.15) is 0 Å². The number of urea groups is 1. The number of carbonyl (C=O) groups excluding carboxylic acids is 2. The van der Waals surface area contributed by atoms with Crippen LogP contribution in [0.4, 0.5) is 16.2 Å². The molecule has 0 aromatic heterocycles. The van der Waals surface area contributed by atoms with Crippen LogP contribution in [0, 0.1) is 0 Å². The Kier molecular flexibility index (Phi) is 3.86. The van der Waals surface area contributed by atoms with Crippen molar-refractivity contribution in [2.75, 3.05) is 23.8 Å². The Morgan fingerprint density at radius 2 is 2.32 bits per heavy atom. The van der Waals surface area contributed by atoms with Gasteiger partial charge >= 0.3 is 6.03 Å². The van der Waals surface area contributed by atoms with E-state index in [9.17, 15) is 14.7 Å². The highest BCUT2D eigenvalue weighted by atomic mass is 16.3. The monoisotopic (exact) mass is 264 g/mol. The van der Waals surface area contributed by atoms with Crippen LogP contribution in [0.2, 0.25) is 0 Å². The normalized spacial score (nSPS) is 18.4. The molecule has 1 aromatic carbocycles. The van der Waals surface area contributed by atoms with Crippen molar-refractivity contribution in [2.45, 2.75) is 12.5 Å². The number of anilines is 2. The number of carbonyl (C=O) groups is 2. The first-order valence-corrected chi connectivity index (χ1v) is 5.92. The van der Waals surface area contributed by atoms with Gasteiger partial charge in [0.05, 0.1) is 19.2 Å². The molecule has 3 amide bonds. The molecule has 1 heterocycles. The van der Waals surface area contributed by atoms with E-state index < -0.39 is 6.03 Å². The lowest BCUT2D eigenvalue weighted by molar-refractivity contribution is -0.120. The number of amides is 3. The first-order chi connectivity index (χ1) is 9.08. The maximum atomic E-state index is 11.5. The van der Waals surface area contributed by atoms with E-state index in [1.54, 1.807) is 18.2 Å². The summed E-state index contributed by atoms with van der Waals surface area (Å²) < 4.78 is 0. The second kappa shape index (κ2) is 5.57. The second-order valence-corrected chi connectivity index (χ2v) is 4.37. The zero-order valence-electron chi connectivity index (χ0n) is 10.3. The van der Waals surface area contributed by atoms with E-state index in [-0.39, 0.29) is 25.1 Å². The summed E-state index contributed by atoms with van der Waals surface area (Å²) in [6, 6.07) is 4.27. The predicted octanol–water partition coefficient (Wildman–Crippen LogP) is -0.378. The summed E-state index contributed by atoms with van der Waals surface area (Å²) in [4.78, 5) is 22.3. The molecule has 0 spiro atoms. The summed E-state index contributed by atoms with van der Waals surface area (Å²) >= 11 is 0. The third kappa shape index (κ3) is 3.35. The molecule has 1 atom stereocenters. The van der Waals surface area contributed by atoms with Gasteiger partial charge in [0.1, 0.15) is 0 Å². The number of fused-ring (bicyclic) bond motifs is 1. The number of primary amides is 1. The minimum Gasteiger partial charge on any atom is -0.394 e. The van der Waals surface area contributed by atoms with E-state index in [4.69, 9.17) is 5.73 Å². The average Bonchev–Trinajstić information content (AvgIpc) is 2.34. The summed E-state index contributed by atoms with van der Waals surface area (Å²) in [5, 5.41) is 17.4. The molecule has 102 valence electrons. The molecule has 0 saturated heterocycles. The van der Waals surface area contributed by atoms with Crippen LogP contribution in [0.5, 0.6) is 0 Å². The number of nitrogens with two attached hydrogens (primary N) is 1. The van der Waals surface area contributed by atoms with Crippen LogP contribution in [-0.4, -0.2) is 36.2 Å². The quantitative estimate of drug-likeness (QED) is 0.500. The van der Waals surface area contributed by atoms with Crippen molar-refractivity contribution in [1.29, 1.82) is 0 Å². The van der Waals surface area contributed by atoms with Crippen molar-refractivity contribution < 1.29 is 14.7 Å². The lowest BCUT2D eigenvalue weighted by atomic mass is 10.0. The number of hydrogen-bond acceptors (Lipinski definition) is 4. The van der Waals surface area contributed by atoms with Crippen molar-refractivity contribution >= 4 is 23.3 Å². The molecule has 1 aliphatic heterocycles. The van der Waals surface area contributed by atoms with E-state index >= 15 is 0 Å². The standard InChI is InChI=1S/C12H16N4O3/c13-12(19)16-8-1-2-10-7(3-8)4-9(6-17)15-11(18)5-14-10/h1-3,9,14,17H,4-6H2,(H,15,18)(H3,13,16,19)/t9-/m0/s1. The molecular formula is C12H16N4O3. The average molecular weight is 264 g/mol. The zero-order chi connectivity index (χ0) is 13.8. The van der Waals surface area contributed by atoms with Crippen molar-refractivity contribution in [2.24, 2.45) is 5.73 Å². The van der Waals surface area contributed by atoms with Crippen LogP contribution in [-0.2, 0) is 11.2 Å². The zero-order valence-corrected chi connectivity index (χ0v) is 10.3. The van der Waals surface area contributed by atoms with Gasteiger partial charge in [0.25, 0.3) is 0 Å². The van der Waals surface area contributed by atoms with Crippen LogP contribution >= 0.6 is 0 Å². The van der Waals surface area contributed by atoms with Crippen molar-refractivity contribution in [1.82, 2.24) is 5.32 Å². The van der Waals surface area contributed by atoms with E-state index in [1.807, 2.05) is 0 Å². The molecule has 0 bridgehead atoms. The van der Waals surface area contributed by atoms with Gasteiger partial charge in [0, 0.05) is 11.4 Å². The van der Waals surface area contributed by atoms with Gasteiger partial charge < -0.3 is 26.8 Å². The Balaban J connectivity index is 2.27. The minimum atomic E-state index is -0.634. The van der Waals surface area contributed by atoms with Gasteiger partial charge in [-0.05, 0) is 30.2 Å². The largest absolute Gasteiger partial charge is 0.394 e. The molecule has 1 aliphatic rings. The van der Waals surface area contributed by atoms with Gasteiger partial charge in [-0.3, -0.25) is 4.79 Å². The van der Waals surface area contributed by atoms with Crippen LogP contribution in [0.15, 0.2) is 18.2 Å². The number of nitrogens with one attached hydrogen (secondary N) is 3. The smallest absolute Gasteiger partial charge is 0.316 e. The SMILES string of the molecule is NC(=O)Nc1ccc2c(c1)C[C@@H](CO)NC(=O)CN2. The summed E-state index contributed by atoms with van der Waals surface area (Å²) in [5.74, 6) is -0.163. The summed E-state index contributed by atoms with van der Waals surface area (Å²) in [7, 11) is 0. The van der Waals surface area contributed by atoms with Gasteiger partial charge in [0.15, 0.2) is 0 Å². The Morgan fingerprint density at radius 1 is 1.53 bits per heavy atom. The molecule has 7 heteroatoms. The van der Waals surface area contributed by atoms with Crippen LogP contribution < -0.4 is 21.7 Å². The molecule has 6 N–H and O–H groups in total. The molecule has 7 nitrogen and oxygen atoms in total. The highest BCUT2D eigenvalue weighted by Gasteiger charge is 2.18. The van der Waals surface area contributed by atoms with Crippen molar-refractivity contribution in [3.05, 3.63) is 23.8 Å². The number of benzene rings is 1. The molecule has 0 saturated carbocycles. The molecule has 0 fully saturated rings. The third-order valence-electron chi connectivity index (χ3n) is 2.86. The maximum Gasteiger partial charge on any atom is 0.316 e. The van der Waals surface area contributed by atoms with E-state index in [2.05, 4.69) is 16.0 Å². The molecule has 0 unspecified atom stereocenters. The van der Waals surface area contributed by atoms with E-state index in [0.717, 1.165) is 11.3 Å². The lowest BCUT2D eigenvalue weighted by Crippen LogP contribution is -2.43. The highest BCUT2D eigenvalue weighted by Crippen LogP contribution is 2.23. The van der Waals surface area contributed by atoms with Gasteiger partial charge in [-0.1, -0.05) is 0 Å². The topological polar surface area (TPSA) is 116 Å². The molecule has 0 radical (unpaired) electrons. The maximum absolute atomic E-state index is 11.5. The summed E-state index contributed by atoms with van der Waals surface area (Å²) in [6.07, 6.45) is 0.471. The number of rotatable bonds is 2. The number of aliphatic hydroxyl groups excluding tert-OH is 1. The Labute approximate surface area is 110 Å². The third-order valence-corrected chi connectivity index (χ3v) is 2.86. The Bertz CT molecular complexity index is 504. The molecule has 1 aromatic rings. The van der Waals surface area contributed by atoms with Crippen LogP contribution in [0.25, 0.3) is 0 Å². The van der Waals surface area contributed by atoms with Crippen molar-refractivity contribution in [3.63, 3.8) is 0 Å². The van der Waals surface area contributed by atoms with Crippen LogP contribution in [0.1, 0.15) is 5.56 Å². The fourth-order valence-electron chi connectivity index (χ4n) is 2.04. The Morgan fingerprint density at radius 3 is 3.00 bits per heavy atom. The first-order valence-electron chi connectivity index (χ1n) is 5.92. The molecule has 19 heavy (non-hydrogen) atoms. The second-order valence-electron chi connectivity index (χ2n) is 4.37. The lowest BCUT2D eigenvalue weighted by Gasteiger charge is -2.23. The fourth-order valence-corrected chi connectivity index (χ4v) is 2.04. The molecular weight excluding hydrogens is 248 g/mol. The van der Waals surface area contributed by atoms with Crippen LogP contribution in [0.3, 0.4) is 0 Å². The highest BCUT2D eigenvalue weighted by molar-refractivity contribution is 5.88. The minimum absolute atomic E-state index is 0.140. The summed E-state index contributed by atoms with van der Waals surface area (Å²) in [5.41, 5.74) is 7.35.